The number of benzene rings is 1. The van der Waals surface area contributed by atoms with Gasteiger partial charge in [-0.25, -0.2) is 9.97 Å². The number of nitrogens with one attached hydrogen (secondary N) is 2. The molecule has 2 aromatic heterocycles. The molecule has 0 aliphatic carbocycles. The molecular formula is C19H21ClN4O2S. The molecule has 1 aromatic carbocycles. The van der Waals surface area contributed by atoms with Gasteiger partial charge in [0.1, 0.15) is 10.6 Å². The van der Waals surface area contributed by atoms with Gasteiger partial charge in [0, 0.05) is 17.0 Å². The first kappa shape index (κ1) is 19.5. The van der Waals surface area contributed by atoms with E-state index < -0.39 is 0 Å². The third kappa shape index (κ3) is 4.74. The van der Waals surface area contributed by atoms with E-state index in [2.05, 4.69) is 20.6 Å². The highest BCUT2D eigenvalue weighted by Gasteiger charge is 2.12. The van der Waals surface area contributed by atoms with E-state index in [1.807, 2.05) is 32.0 Å². The minimum absolute atomic E-state index is 0.0672. The van der Waals surface area contributed by atoms with Crippen molar-refractivity contribution in [1.82, 2.24) is 15.3 Å². The van der Waals surface area contributed by atoms with E-state index in [0.717, 1.165) is 20.7 Å². The molecule has 3 rings (SSSR count). The average Bonchev–Trinajstić information content (AvgIpc) is 3.04. The summed E-state index contributed by atoms with van der Waals surface area (Å²) in [6.45, 7) is 4.42. The van der Waals surface area contributed by atoms with Crippen molar-refractivity contribution < 1.29 is 9.90 Å². The van der Waals surface area contributed by atoms with Gasteiger partial charge in [-0.05, 0) is 48.7 Å². The van der Waals surface area contributed by atoms with Crippen LogP contribution in [0.4, 0.5) is 5.82 Å². The predicted octanol–water partition coefficient (Wildman–Crippen LogP) is 3.77. The van der Waals surface area contributed by atoms with Gasteiger partial charge < -0.3 is 15.7 Å². The molecule has 8 heteroatoms. The number of aliphatic hydroxyl groups is 1. The van der Waals surface area contributed by atoms with E-state index in [0.29, 0.717) is 24.3 Å². The van der Waals surface area contributed by atoms with Gasteiger partial charge in [-0.15, -0.1) is 11.3 Å². The van der Waals surface area contributed by atoms with Gasteiger partial charge in [-0.1, -0.05) is 19.1 Å². The smallest absolute Gasteiger partial charge is 0.251 e. The van der Waals surface area contributed by atoms with Crippen LogP contribution in [0.15, 0.2) is 30.3 Å². The molecule has 0 aliphatic rings. The molecule has 27 heavy (non-hydrogen) atoms. The van der Waals surface area contributed by atoms with Gasteiger partial charge in [0.2, 0.25) is 5.28 Å². The number of nitrogens with zero attached hydrogens (tertiary/aromatic N) is 2. The summed E-state index contributed by atoms with van der Waals surface area (Å²) < 4.78 is 0. The second kappa shape index (κ2) is 8.65. The van der Waals surface area contributed by atoms with Gasteiger partial charge in [0.15, 0.2) is 0 Å². The molecule has 2 heterocycles. The van der Waals surface area contributed by atoms with Crippen LogP contribution in [0.3, 0.4) is 0 Å². The van der Waals surface area contributed by atoms with Crippen molar-refractivity contribution in [3.63, 3.8) is 0 Å². The number of hydrogen-bond acceptors (Lipinski definition) is 6. The van der Waals surface area contributed by atoms with Crippen LogP contribution in [-0.2, 0) is 6.54 Å². The number of anilines is 1. The van der Waals surface area contributed by atoms with Crippen molar-refractivity contribution in [2.75, 3.05) is 11.9 Å². The number of halogens is 1. The normalized spacial score (nSPS) is 12.1. The van der Waals surface area contributed by atoms with Crippen LogP contribution < -0.4 is 10.6 Å². The van der Waals surface area contributed by atoms with Gasteiger partial charge >= 0.3 is 0 Å². The molecule has 0 fully saturated rings. The Morgan fingerprint density at radius 2 is 2.04 bits per heavy atom. The first-order valence-corrected chi connectivity index (χ1v) is 9.87. The van der Waals surface area contributed by atoms with E-state index in [1.165, 1.54) is 0 Å². The monoisotopic (exact) mass is 404 g/mol. The molecule has 0 bridgehead atoms. The van der Waals surface area contributed by atoms with Gasteiger partial charge in [-0.3, -0.25) is 4.79 Å². The van der Waals surface area contributed by atoms with Crippen LogP contribution in [-0.4, -0.2) is 33.6 Å². The van der Waals surface area contributed by atoms with Crippen molar-refractivity contribution >= 4 is 44.9 Å². The van der Waals surface area contributed by atoms with Crippen molar-refractivity contribution in [2.45, 2.75) is 32.9 Å². The van der Waals surface area contributed by atoms with Crippen LogP contribution in [0.5, 0.6) is 0 Å². The molecule has 0 spiro atoms. The maximum Gasteiger partial charge on any atom is 0.251 e. The molecule has 3 aromatic rings. The van der Waals surface area contributed by atoms with Gasteiger partial charge in [0.25, 0.3) is 5.91 Å². The average molecular weight is 405 g/mol. The molecule has 1 atom stereocenters. The zero-order valence-corrected chi connectivity index (χ0v) is 16.7. The molecule has 142 valence electrons. The fourth-order valence-electron chi connectivity index (χ4n) is 2.66. The Bertz CT molecular complexity index is 939. The summed E-state index contributed by atoms with van der Waals surface area (Å²) in [6.07, 6.45) is 0.683. The van der Waals surface area contributed by atoms with Crippen LogP contribution in [0.25, 0.3) is 10.2 Å². The largest absolute Gasteiger partial charge is 0.394 e. The summed E-state index contributed by atoms with van der Waals surface area (Å²) in [4.78, 5) is 22.7. The predicted molar refractivity (Wildman–Crippen MR) is 110 cm³/mol. The van der Waals surface area contributed by atoms with Crippen LogP contribution >= 0.6 is 22.9 Å². The van der Waals surface area contributed by atoms with Crippen LogP contribution in [0.1, 0.15) is 34.1 Å². The number of aromatic nitrogens is 2. The number of aryl methyl sites for hydroxylation is 1. The van der Waals surface area contributed by atoms with Gasteiger partial charge in [-0.2, -0.15) is 0 Å². The van der Waals surface area contributed by atoms with E-state index in [-0.39, 0.29) is 23.8 Å². The van der Waals surface area contributed by atoms with E-state index in [1.54, 1.807) is 23.5 Å². The Hall–Kier alpha value is -2.22. The zero-order valence-electron chi connectivity index (χ0n) is 15.1. The van der Waals surface area contributed by atoms with Crippen molar-refractivity contribution in [2.24, 2.45) is 0 Å². The van der Waals surface area contributed by atoms with Crippen LogP contribution in [0, 0.1) is 6.92 Å². The second-order valence-corrected chi connectivity index (χ2v) is 7.80. The summed E-state index contributed by atoms with van der Waals surface area (Å²) in [7, 11) is 0. The standard InChI is InChI=1S/C19H21ClN4O2S/c1-3-14(10-25)22-17(26)13-6-4-12(5-7-13)9-21-16-15-8-11(2)27-18(15)24-19(20)23-16/h4-8,14,25H,3,9-10H2,1-2H3,(H,22,26)(H,21,23,24). The van der Waals surface area contributed by atoms with Gasteiger partial charge in [0.05, 0.1) is 18.0 Å². The highest BCUT2D eigenvalue weighted by molar-refractivity contribution is 7.18. The van der Waals surface area contributed by atoms with E-state index in [4.69, 9.17) is 11.6 Å². The molecule has 0 radical (unpaired) electrons. The summed E-state index contributed by atoms with van der Waals surface area (Å²) in [5, 5.41) is 16.5. The van der Waals surface area contributed by atoms with Crippen LogP contribution in [0.2, 0.25) is 5.28 Å². The van der Waals surface area contributed by atoms with Crippen molar-refractivity contribution in [1.29, 1.82) is 0 Å². The van der Waals surface area contributed by atoms with Crippen molar-refractivity contribution in [3.8, 4) is 0 Å². The lowest BCUT2D eigenvalue weighted by Gasteiger charge is -2.14. The third-order valence-corrected chi connectivity index (χ3v) is 5.33. The topological polar surface area (TPSA) is 87.1 Å². The fourth-order valence-corrected chi connectivity index (χ4v) is 3.75. The minimum atomic E-state index is -0.224. The number of thiophene rings is 1. The zero-order chi connectivity index (χ0) is 19.4. The minimum Gasteiger partial charge on any atom is -0.394 e. The number of aliphatic hydroxyl groups excluding tert-OH is 1. The highest BCUT2D eigenvalue weighted by Crippen LogP contribution is 2.29. The summed E-state index contributed by atoms with van der Waals surface area (Å²) in [5.74, 6) is 0.512. The Balaban J connectivity index is 1.68. The maximum atomic E-state index is 12.2. The Labute approximate surface area is 166 Å². The highest BCUT2D eigenvalue weighted by atomic mass is 35.5. The SMILES string of the molecule is CCC(CO)NC(=O)c1ccc(CNc2nc(Cl)nc3sc(C)cc23)cc1. The number of fused-ring (bicyclic) bond motifs is 1. The molecule has 1 amide bonds. The molecular weight excluding hydrogens is 384 g/mol. The second-order valence-electron chi connectivity index (χ2n) is 6.23. The summed E-state index contributed by atoms with van der Waals surface area (Å²) in [6, 6.07) is 9.14. The van der Waals surface area contributed by atoms with Crippen molar-refractivity contribution in [3.05, 3.63) is 51.6 Å². The lowest BCUT2D eigenvalue weighted by atomic mass is 10.1. The molecule has 3 N–H and O–H groups in total. The number of carbonyl (C=O) groups is 1. The number of rotatable bonds is 7. The fraction of sp³-hybridized carbons (Fsp3) is 0.316. The lowest BCUT2D eigenvalue weighted by molar-refractivity contribution is 0.0915. The van der Waals surface area contributed by atoms with E-state index >= 15 is 0 Å². The molecule has 0 saturated heterocycles. The number of hydrogen-bond donors (Lipinski definition) is 3. The molecule has 1 unspecified atom stereocenters. The first-order chi connectivity index (χ1) is 13.0. The molecule has 0 aliphatic heterocycles. The lowest BCUT2D eigenvalue weighted by Crippen LogP contribution is -2.36. The molecule has 6 nitrogen and oxygen atoms in total. The number of amides is 1. The number of carbonyl (C=O) groups excluding carboxylic acids is 1. The first-order valence-electron chi connectivity index (χ1n) is 8.68. The Kier molecular flexibility index (Phi) is 6.26. The maximum absolute atomic E-state index is 12.2. The molecule has 0 saturated carbocycles. The van der Waals surface area contributed by atoms with E-state index in [9.17, 15) is 9.90 Å². The summed E-state index contributed by atoms with van der Waals surface area (Å²) in [5.41, 5.74) is 1.57. The Morgan fingerprint density at radius 3 is 2.70 bits per heavy atom. The third-order valence-electron chi connectivity index (χ3n) is 4.21. The Morgan fingerprint density at radius 1 is 1.30 bits per heavy atom. The summed E-state index contributed by atoms with van der Waals surface area (Å²) >= 11 is 7.60. The quantitative estimate of drug-likeness (QED) is 0.522.